The first kappa shape index (κ1) is 21.9. The van der Waals surface area contributed by atoms with E-state index in [0.29, 0.717) is 6.54 Å². The van der Waals surface area contributed by atoms with E-state index in [0.717, 1.165) is 61.1 Å². The second-order valence-electron chi connectivity index (χ2n) is 8.19. The number of carbonyl (C=O) groups excluding carboxylic acids is 1. The number of piperazine rings is 1. The van der Waals surface area contributed by atoms with Crippen LogP contribution in [0.5, 0.6) is 0 Å². The van der Waals surface area contributed by atoms with E-state index < -0.39 is 0 Å². The highest BCUT2D eigenvalue weighted by Gasteiger charge is 2.19. The summed E-state index contributed by atoms with van der Waals surface area (Å²) < 4.78 is 0. The predicted molar refractivity (Wildman–Crippen MR) is 125 cm³/mol. The molecule has 1 aromatic carbocycles. The molecule has 4 rings (SSSR count). The summed E-state index contributed by atoms with van der Waals surface area (Å²) in [5, 5.41) is 0. The fraction of sp³-hybridized carbons (Fsp3) is 0.333. The summed E-state index contributed by atoms with van der Waals surface area (Å²) in [6, 6.07) is 14.4. The monoisotopic (exact) mass is 431 g/mol. The lowest BCUT2D eigenvalue weighted by molar-refractivity contribution is -0.118. The van der Waals surface area contributed by atoms with Gasteiger partial charge in [-0.2, -0.15) is 0 Å². The molecule has 0 unspecified atom stereocenters. The number of likely N-dealkylation sites (N-methyl/N-ethyl adjacent to an activating group) is 1. The molecule has 3 aromatic rings. The Balaban J connectivity index is 1.33. The highest BCUT2D eigenvalue weighted by molar-refractivity contribution is 5.75. The molecule has 8 heteroatoms. The van der Waals surface area contributed by atoms with Crippen molar-refractivity contribution in [1.82, 2.24) is 24.8 Å². The first-order valence-electron chi connectivity index (χ1n) is 10.8. The van der Waals surface area contributed by atoms with Gasteiger partial charge in [0.25, 0.3) is 0 Å². The molecule has 32 heavy (non-hydrogen) atoms. The maximum atomic E-state index is 11.1. The van der Waals surface area contributed by atoms with Crippen molar-refractivity contribution in [2.24, 2.45) is 5.73 Å². The van der Waals surface area contributed by atoms with E-state index in [1.54, 1.807) is 12.4 Å². The number of rotatable bonds is 8. The summed E-state index contributed by atoms with van der Waals surface area (Å²) in [5.41, 5.74) is 9.68. The summed E-state index contributed by atoms with van der Waals surface area (Å²) in [4.78, 5) is 31.0. The van der Waals surface area contributed by atoms with Crippen LogP contribution in [0.4, 0.5) is 5.95 Å². The zero-order valence-electron chi connectivity index (χ0n) is 18.4. The van der Waals surface area contributed by atoms with Gasteiger partial charge in [0.15, 0.2) is 0 Å². The molecule has 1 aliphatic rings. The third-order valence-electron chi connectivity index (χ3n) is 5.56. The van der Waals surface area contributed by atoms with Gasteiger partial charge in [-0.05, 0) is 36.4 Å². The fourth-order valence-electron chi connectivity index (χ4n) is 3.96. The molecule has 0 bridgehead atoms. The molecule has 8 nitrogen and oxygen atoms in total. The van der Waals surface area contributed by atoms with E-state index in [-0.39, 0.29) is 12.5 Å². The predicted octanol–water partition coefficient (Wildman–Crippen LogP) is 1.78. The van der Waals surface area contributed by atoms with Gasteiger partial charge in [-0.25, -0.2) is 9.97 Å². The molecular formula is C24H29N7O. The molecule has 1 fully saturated rings. The number of nitrogens with two attached hydrogens (primary N) is 1. The number of pyridine rings is 1. The largest absolute Gasteiger partial charge is 0.369 e. The smallest absolute Gasteiger partial charge is 0.231 e. The Morgan fingerprint density at radius 3 is 2.47 bits per heavy atom. The highest BCUT2D eigenvalue weighted by atomic mass is 16.1. The topological polar surface area (TPSA) is 91.5 Å². The molecule has 2 N–H and O–H groups in total. The normalized spacial score (nSPS) is 14.6. The van der Waals surface area contributed by atoms with E-state index in [4.69, 9.17) is 10.7 Å². The van der Waals surface area contributed by atoms with Gasteiger partial charge in [0, 0.05) is 63.4 Å². The van der Waals surface area contributed by atoms with E-state index in [1.165, 1.54) is 0 Å². The van der Waals surface area contributed by atoms with Gasteiger partial charge in [-0.15, -0.1) is 0 Å². The van der Waals surface area contributed by atoms with Crippen molar-refractivity contribution < 1.29 is 4.79 Å². The van der Waals surface area contributed by atoms with Crippen molar-refractivity contribution in [3.05, 3.63) is 72.3 Å². The number of benzene rings is 1. The third-order valence-corrected chi connectivity index (χ3v) is 5.56. The number of anilines is 1. The molecule has 0 saturated carbocycles. The maximum Gasteiger partial charge on any atom is 0.231 e. The Labute approximate surface area is 188 Å². The summed E-state index contributed by atoms with van der Waals surface area (Å²) in [7, 11) is 1.89. The number of hydrogen-bond acceptors (Lipinski definition) is 7. The standard InChI is InChI=1S/C24H29N7O/c1-29(18-23(25)32)16-19-4-2-5-20(14-19)21-6-7-22(28-15-21)17-30-10-12-31(13-11-30)24-26-8-3-9-27-24/h2-9,14-15H,10-13,16-18H2,1H3,(H2,25,32). The molecule has 0 aliphatic carbocycles. The summed E-state index contributed by atoms with van der Waals surface area (Å²) in [6.45, 7) is 5.50. The van der Waals surface area contributed by atoms with Crippen LogP contribution in [0.3, 0.4) is 0 Å². The summed E-state index contributed by atoms with van der Waals surface area (Å²) in [5.74, 6) is 0.482. The lowest BCUT2D eigenvalue weighted by atomic mass is 10.0. The van der Waals surface area contributed by atoms with Crippen LogP contribution in [0.2, 0.25) is 0 Å². The van der Waals surface area contributed by atoms with Crippen molar-refractivity contribution >= 4 is 11.9 Å². The van der Waals surface area contributed by atoms with Crippen molar-refractivity contribution in [3.63, 3.8) is 0 Å². The molecule has 0 spiro atoms. The number of hydrogen-bond donors (Lipinski definition) is 1. The van der Waals surface area contributed by atoms with Gasteiger partial charge < -0.3 is 10.6 Å². The molecule has 2 aromatic heterocycles. The number of amides is 1. The van der Waals surface area contributed by atoms with Crippen LogP contribution in [-0.2, 0) is 17.9 Å². The zero-order chi connectivity index (χ0) is 22.3. The maximum absolute atomic E-state index is 11.1. The van der Waals surface area contributed by atoms with Gasteiger partial charge in [0.05, 0.1) is 12.2 Å². The van der Waals surface area contributed by atoms with Crippen LogP contribution < -0.4 is 10.6 Å². The average Bonchev–Trinajstić information content (AvgIpc) is 2.80. The van der Waals surface area contributed by atoms with Gasteiger partial charge >= 0.3 is 0 Å². The Bertz CT molecular complexity index is 1020. The average molecular weight is 432 g/mol. The van der Waals surface area contributed by atoms with Crippen LogP contribution in [-0.4, -0.2) is 70.4 Å². The summed E-state index contributed by atoms with van der Waals surface area (Å²) in [6.07, 6.45) is 5.51. The Morgan fingerprint density at radius 1 is 1.00 bits per heavy atom. The van der Waals surface area contributed by atoms with E-state index in [1.807, 2.05) is 30.3 Å². The fourth-order valence-corrected chi connectivity index (χ4v) is 3.96. The quantitative estimate of drug-likeness (QED) is 0.581. The lowest BCUT2D eigenvalue weighted by Gasteiger charge is -2.34. The highest BCUT2D eigenvalue weighted by Crippen LogP contribution is 2.21. The van der Waals surface area contributed by atoms with Crippen LogP contribution in [0.1, 0.15) is 11.3 Å². The number of carbonyl (C=O) groups is 1. The second kappa shape index (κ2) is 10.3. The van der Waals surface area contributed by atoms with Crippen molar-refractivity contribution in [1.29, 1.82) is 0 Å². The summed E-state index contributed by atoms with van der Waals surface area (Å²) >= 11 is 0. The third kappa shape index (κ3) is 5.87. The van der Waals surface area contributed by atoms with Crippen LogP contribution >= 0.6 is 0 Å². The minimum absolute atomic E-state index is 0.243. The Kier molecular flexibility index (Phi) is 7.03. The second-order valence-corrected chi connectivity index (χ2v) is 8.19. The molecule has 1 saturated heterocycles. The molecule has 1 amide bonds. The van der Waals surface area contributed by atoms with Gasteiger partial charge in [-0.1, -0.05) is 24.3 Å². The molecule has 1 aliphatic heterocycles. The van der Waals surface area contributed by atoms with E-state index in [2.05, 4.69) is 50.1 Å². The number of aromatic nitrogens is 3. The molecule has 0 atom stereocenters. The van der Waals surface area contributed by atoms with Gasteiger partial charge in [0.2, 0.25) is 11.9 Å². The lowest BCUT2D eigenvalue weighted by Crippen LogP contribution is -2.46. The number of nitrogens with zero attached hydrogens (tertiary/aromatic N) is 6. The minimum Gasteiger partial charge on any atom is -0.369 e. The number of primary amides is 1. The van der Waals surface area contributed by atoms with E-state index >= 15 is 0 Å². The Hall–Kier alpha value is -3.36. The first-order chi connectivity index (χ1) is 15.6. The Morgan fingerprint density at radius 2 is 1.78 bits per heavy atom. The SMILES string of the molecule is CN(CC(N)=O)Cc1cccc(-c2ccc(CN3CCN(c4ncccn4)CC3)nc2)c1. The zero-order valence-corrected chi connectivity index (χ0v) is 18.4. The van der Waals surface area contributed by atoms with Crippen LogP contribution in [0, 0.1) is 0 Å². The molecule has 166 valence electrons. The van der Waals surface area contributed by atoms with Crippen LogP contribution in [0.25, 0.3) is 11.1 Å². The van der Waals surface area contributed by atoms with Gasteiger partial charge in [-0.3, -0.25) is 19.6 Å². The van der Waals surface area contributed by atoms with Crippen molar-refractivity contribution in [2.45, 2.75) is 13.1 Å². The molecule has 0 radical (unpaired) electrons. The van der Waals surface area contributed by atoms with Gasteiger partial charge in [0.1, 0.15) is 0 Å². The molecule has 3 heterocycles. The minimum atomic E-state index is -0.321. The van der Waals surface area contributed by atoms with Crippen LogP contribution in [0.15, 0.2) is 61.1 Å². The van der Waals surface area contributed by atoms with Crippen molar-refractivity contribution in [2.75, 3.05) is 44.7 Å². The van der Waals surface area contributed by atoms with Crippen molar-refractivity contribution in [3.8, 4) is 11.1 Å². The molecular weight excluding hydrogens is 402 g/mol. The first-order valence-corrected chi connectivity index (χ1v) is 10.8. The van der Waals surface area contributed by atoms with E-state index in [9.17, 15) is 4.79 Å².